The lowest BCUT2D eigenvalue weighted by atomic mass is 9.91. The number of likely N-dealkylation sites (tertiary alicyclic amines) is 1. The van der Waals surface area contributed by atoms with Crippen LogP contribution in [-0.4, -0.2) is 24.0 Å². The molecule has 0 aromatic heterocycles. The summed E-state index contributed by atoms with van der Waals surface area (Å²) in [5.74, 6) is 0.703. The van der Waals surface area contributed by atoms with E-state index in [0.29, 0.717) is 18.0 Å². The van der Waals surface area contributed by atoms with Crippen molar-refractivity contribution in [1.82, 2.24) is 4.90 Å². The number of aryl methyl sites for hydroxylation is 1. The average molecular weight is 244 g/mol. The van der Waals surface area contributed by atoms with Crippen molar-refractivity contribution in [1.29, 1.82) is 0 Å². The molecular weight excluding hydrogens is 220 g/mol. The average Bonchev–Trinajstić information content (AvgIpc) is 2.83. The van der Waals surface area contributed by atoms with Crippen molar-refractivity contribution >= 4 is 0 Å². The van der Waals surface area contributed by atoms with E-state index in [9.17, 15) is 0 Å². The van der Waals surface area contributed by atoms with Crippen LogP contribution < -0.4 is 5.73 Å². The number of rotatable bonds is 2. The lowest BCUT2D eigenvalue weighted by molar-refractivity contribution is 0.0738. The molecule has 0 amide bonds. The van der Waals surface area contributed by atoms with Crippen molar-refractivity contribution in [3.8, 4) is 0 Å². The van der Waals surface area contributed by atoms with Crippen LogP contribution in [0.3, 0.4) is 0 Å². The molecule has 3 atom stereocenters. The third-order valence-electron chi connectivity index (χ3n) is 4.86. The van der Waals surface area contributed by atoms with E-state index in [4.69, 9.17) is 5.73 Å². The Bertz CT molecular complexity index is 415. The minimum Gasteiger partial charge on any atom is -0.330 e. The van der Waals surface area contributed by atoms with Gasteiger partial charge in [0.15, 0.2) is 0 Å². The van der Waals surface area contributed by atoms with E-state index in [1.165, 1.54) is 32.2 Å². The predicted molar refractivity (Wildman–Crippen MR) is 75.5 cm³/mol. The van der Waals surface area contributed by atoms with Crippen LogP contribution in [0.25, 0.3) is 0 Å². The van der Waals surface area contributed by atoms with E-state index in [0.717, 1.165) is 6.54 Å². The molecule has 18 heavy (non-hydrogen) atoms. The molecule has 2 N–H and O–H groups in total. The van der Waals surface area contributed by atoms with Gasteiger partial charge < -0.3 is 5.73 Å². The normalized spacial score (nSPS) is 32.4. The van der Waals surface area contributed by atoms with Gasteiger partial charge in [0.05, 0.1) is 0 Å². The van der Waals surface area contributed by atoms with Crippen molar-refractivity contribution in [3.63, 3.8) is 0 Å². The molecule has 2 heteroatoms. The molecule has 1 aromatic rings. The quantitative estimate of drug-likeness (QED) is 0.866. The van der Waals surface area contributed by atoms with Crippen molar-refractivity contribution in [2.75, 3.05) is 13.1 Å². The number of piperidine rings is 1. The fourth-order valence-electron chi connectivity index (χ4n) is 3.72. The van der Waals surface area contributed by atoms with Crippen LogP contribution >= 0.6 is 0 Å². The molecule has 0 saturated carbocycles. The monoisotopic (exact) mass is 244 g/mol. The van der Waals surface area contributed by atoms with Crippen LogP contribution in [0.1, 0.15) is 43.4 Å². The summed E-state index contributed by atoms with van der Waals surface area (Å²) in [5, 5.41) is 0. The maximum absolute atomic E-state index is 5.88. The lowest BCUT2D eigenvalue weighted by Crippen LogP contribution is -2.45. The largest absolute Gasteiger partial charge is 0.330 e. The van der Waals surface area contributed by atoms with Gasteiger partial charge in [0, 0.05) is 18.6 Å². The Balaban J connectivity index is 1.82. The molecular formula is C16H24N2. The summed E-state index contributed by atoms with van der Waals surface area (Å²) >= 11 is 0. The van der Waals surface area contributed by atoms with E-state index >= 15 is 0 Å². The Hall–Kier alpha value is -0.860. The van der Waals surface area contributed by atoms with Crippen molar-refractivity contribution in [3.05, 3.63) is 35.4 Å². The molecule has 1 fully saturated rings. The minimum absolute atomic E-state index is 0.644. The number of benzene rings is 1. The molecule has 1 aliphatic carbocycles. The van der Waals surface area contributed by atoms with Crippen LogP contribution in [0.4, 0.5) is 0 Å². The third kappa shape index (κ3) is 2.08. The molecule has 0 spiro atoms. The van der Waals surface area contributed by atoms with Gasteiger partial charge >= 0.3 is 0 Å². The number of nitrogens with zero attached hydrogens (tertiary/aromatic N) is 1. The van der Waals surface area contributed by atoms with Gasteiger partial charge in [-0.15, -0.1) is 0 Å². The van der Waals surface area contributed by atoms with Gasteiger partial charge in [-0.05, 0) is 56.2 Å². The highest BCUT2D eigenvalue weighted by Crippen LogP contribution is 2.39. The summed E-state index contributed by atoms with van der Waals surface area (Å²) in [6.07, 6.45) is 5.15. The van der Waals surface area contributed by atoms with Crippen LogP contribution in [0, 0.1) is 5.92 Å². The van der Waals surface area contributed by atoms with E-state index in [-0.39, 0.29) is 0 Å². The first-order valence-corrected chi connectivity index (χ1v) is 7.33. The van der Waals surface area contributed by atoms with Crippen molar-refractivity contribution in [2.24, 2.45) is 11.7 Å². The molecule has 0 radical (unpaired) electrons. The molecule has 0 bridgehead atoms. The summed E-state index contributed by atoms with van der Waals surface area (Å²) in [6, 6.07) is 10.3. The van der Waals surface area contributed by atoms with Crippen LogP contribution in [-0.2, 0) is 6.42 Å². The molecule has 3 unspecified atom stereocenters. The van der Waals surface area contributed by atoms with Crippen LogP contribution in [0.5, 0.6) is 0 Å². The van der Waals surface area contributed by atoms with Gasteiger partial charge in [0.1, 0.15) is 0 Å². The number of hydrogen-bond donors (Lipinski definition) is 1. The first-order chi connectivity index (χ1) is 8.79. The van der Waals surface area contributed by atoms with Crippen LogP contribution in [0.2, 0.25) is 0 Å². The van der Waals surface area contributed by atoms with Crippen LogP contribution in [0.15, 0.2) is 24.3 Å². The summed E-state index contributed by atoms with van der Waals surface area (Å²) in [5.41, 5.74) is 9.01. The Morgan fingerprint density at radius 3 is 2.89 bits per heavy atom. The molecule has 2 nitrogen and oxygen atoms in total. The molecule has 1 aromatic carbocycles. The zero-order chi connectivity index (χ0) is 12.5. The zero-order valence-electron chi connectivity index (χ0n) is 11.3. The molecule has 98 valence electrons. The maximum Gasteiger partial charge on any atom is 0.0356 e. The highest BCUT2D eigenvalue weighted by Gasteiger charge is 2.34. The molecule has 1 heterocycles. The Morgan fingerprint density at radius 1 is 1.22 bits per heavy atom. The predicted octanol–water partition coefficient (Wildman–Crippen LogP) is 2.73. The Morgan fingerprint density at radius 2 is 2.06 bits per heavy atom. The maximum atomic E-state index is 5.88. The topological polar surface area (TPSA) is 29.3 Å². The zero-order valence-corrected chi connectivity index (χ0v) is 11.3. The highest BCUT2D eigenvalue weighted by molar-refractivity contribution is 5.34. The third-order valence-corrected chi connectivity index (χ3v) is 4.86. The van der Waals surface area contributed by atoms with Gasteiger partial charge in [-0.25, -0.2) is 0 Å². The summed E-state index contributed by atoms with van der Waals surface area (Å²) < 4.78 is 0. The fraction of sp³-hybridized carbons (Fsp3) is 0.625. The van der Waals surface area contributed by atoms with E-state index in [1.54, 1.807) is 11.1 Å². The second-order valence-electron chi connectivity index (χ2n) is 5.98. The Kier molecular flexibility index (Phi) is 3.40. The van der Waals surface area contributed by atoms with Crippen molar-refractivity contribution < 1.29 is 0 Å². The summed E-state index contributed by atoms with van der Waals surface area (Å²) in [6.45, 7) is 4.42. The molecule has 3 rings (SSSR count). The Labute approximate surface area is 110 Å². The minimum atomic E-state index is 0.644. The van der Waals surface area contributed by atoms with Gasteiger partial charge in [0.2, 0.25) is 0 Å². The smallest absolute Gasteiger partial charge is 0.0356 e. The number of nitrogens with two attached hydrogens (primary N) is 1. The van der Waals surface area contributed by atoms with E-state index in [2.05, 4.69) is 36.1 Å². The van der Waals surface area contributed by atoms with Crippen molar-refractivity contribution in [2.45, 2.75) is 44.7 Å². The molecule has 2 aliphatic rings. The first kappa shape index (κ1) is 12.2. The van der Waals surface area contributed by atoms with E-state index < -0.39 is 0 Å². The highest BCUT2D eigenvalue weighted by atomic mass is 15.2. The fourth-order valence-corrected chi connectivity index (χ4v) is 3.72. The van der Waals surface area contributed by atoms with E-state index in [1.807, 2.05) is 0 Å². The molecule has 1 saturated heterocycles. The van der Waals surface area contributed by atoms with Gasteiger partial charge in [-0.1, -0.05) is 24.3 Å². The standard InChI is InChI=1S/C16H24N2/c1-12-6-7-13(10-17)11-18(12)16-9-8-14-4-2-3-5-15(14)16/h2-5,12-13,16H,6-11,17H2,1H3. The van der Waals surface area contributed by atoms with Gasteiger partial charge in [0.25, 0.3) is 0 Å². The lowest BCUT2D eigenvalue weighted by Gasteiger charge is -2.41. The summed E-state index contributed by atoms with van der Waals surface area (Å²) in [7, 11) is 0. The van der Waals surface area contributed by atoms with Gasteiger partial charge in [-0.2, -0.15) is 0 Å². The molecule has 1 aliphatic heterocycles. The SMILES string of the molecule is CC1CCC(CN)CN1C1CCc2ccccc21. The first-order valence-electron chi connectivity index (χ1n) is 7.33. The number of hydrogen-bond acceptors (Lipinski definition) is 2. The second kappa shape index (κ2) is 5.02. The number of fused-ring (bicyclic) bond motifs is 1. The summed E-state index contributed by atoms with van der Waals surface area (Å²) in [4.78, 5) is 2.72. The second-order valence-corrected chi connectivity index (χ2v) is 5.98. The van der Waals surface area contributed by atoms with Gasteiger partial charge in [-0.3, -0.25) is 4.90 Å².